The quantitative estimate of drug-likeness (QED) is 0.698. The summed E-state index contributed by atoms with van der Waals surface area (Å²) in [5.74, 6) is 0. The van der Waals surface area contributed by atoms with Crippen molar-refractivity contribution in [1.29, 1.82) is 0 Å². The monoisotopic (exact) mass is 236 g/mol. The van der Waals surface area contributed by atoms with Crippen LogP contribution >= 0.6 is 0 Å². The lowest BCUT2D eigenvalue weighted by atomic mass is 9.78. The Bertz CT molecular complexity index is 292. The molecule has 0 aromatic heterocycles. The van der Waals surface area contributed by atoms with Crippen LogP contribution in [0, 0.1) is 0 Å². The van der Waals surface area contributed by atoms with Crippen molar-refractivity contribution in [2.45, 2.75) is 33.3 Å². The molecule has 0 aliphatic rings. The minimum atomic E-state index is -0.289. The molecule has 3 nitrogen and oxygen atoms in total. The molecule has 0 saturated heterocycles. The molecule has 0 fully saturated rings. The lowest BCUT2D eigenvalue weighted by Crippen LogP contribution is -2.37. The van der Waals surface area contributed by atoms with E-state index in [1.54, 1.807) is 0 Å². The second kappa shape index (κ2) is 8.28. The maximum atomic E-state index is 8.99. The van der Waals surface area contributed by atoms with E-state index in [1.165, 1.54) is 0 Å². The molecule has 0 aliphatic heterocycles. The van der Waals surface area contributed by atoms with Gasteiger partial charge in [-0.15, -0.1) is 0 Å². The summed E-state index contributed by atoms with van der Waals surface area (Å²) in [6.07, 6.45) is 1.95. The Morgan fingerprint density at radius 3 is 1.94 bits per heavy atom. The van der Waals surface area contributed by atoms with E-state index < -0.39 is 0 Å². The van der Waals surface area contributed by atoms with Crippen molar-refractivity contribution < 1.29 is 14.4 Å². The van der Waals surface area contributed by atoms with Gasteiger partial charge in [0.05, 0.1) is 6.61 Å². The molecule has 0 amide bonds. The highest BCUT2D eigenvalue weighted by molar-refractivity contribution is 6.61. The number of hydrogen-bond acceptors (Lipinski definition) is 3. The molecule has 4 heteroatoms. The van der Waals surface area contributed by atoms with Crippen LogP contribution in [0.15, 0.2) is 24.3 Å². The fraction of sp³-hybridized carbons (Fsp3) is 0.538. The molecule has 17 heavy (non-hydrogen) atoms. The fourth-order valence-corrected chi connectivity index (χ4v) is 1.47. The molecule has 0 heterocycles. The molecular weight excluding hydrogens is 215 g/mol. The van der Waals surface area contributed by atoms with Gasteiger partial charge >= 0.3 is 7.12 Å². The molecule has 0 aliphatic carbocycles. The Morgan fingerprint density at radius 1 is 1.00 bits per heavy atom. The summed E-state index contributed by atoms with van der Waals surface area (Å²) >= 11 is 0. The third kappa shape index (κ3) is 4.90. The minimum Gasteiger partial charge on any atom is -0.407 e. The molecule has 94 valence electrons. The van der Waals surface area contributed by atoms with Crippen LogP contribution in [-0.2, 0) is 15.9 Å². The van der Waals surface area contributed by atoms with Crippen LogP contribution in [0.5, 0.6) is 0 Å². The highest BCUT2D eigenvalue weighted by atomic mass is 16.6. The zero-order chi connectivity index (χ0) is 12.5. The molecule has 0 unspecified atom stereocenters. The van der Waals surface area contributed by atoms with Crippen LogP contribution in [0.1, 0.15) is 32.3 Å². The highest BCUT2D eigenvalue weighted by Crippen LogP contribution is 2.00. The number of aliphatic hydroxyl groups is 1. The lowest BCUT2D eigenvalue weighted by molar-refractivity contribution is 0.207. The molecule has 0 bridgehead atoms. The van der Waals surface area contributed by atoms with E-state index >= 15 is 0 Å². The van der Waals surface area contributed by atoms with E-state index in [1.807, 2.05) is 24.3 Å². The van der Waals surface area contributed by atoms with Gasteiger partial charge in [0.2, 0.25) is 0 Å². The van der Waals surface area contributed by atoms with Crippen molar-refractivity contribution in [3.63, 3.8) is 0 Å². The summed E-state index contributed by atoms with van der Waals surface area (Å²) in [6.45, 7) is 5.60. The third-order valence-corrected chi connectivity index (χ3v) is 2.38. The maximum Gasteiger partial charge on any atom is 0.493 e. The third-order valence-electron chi connectivity index (χ3n) is 2.38. The van der Waals surface area contributed by atoms with Gasteiger partial charge in [0.25, 0.3) is 0 Å². The van der Waals surface area contributed by atoms with E-state index in [0.29, 0.717) is 13.2 Å². The van der Waals surface area contributed by atoms with Crippen molar-refractivity contribution >= 4 is 12.6 Å². The highest BCUT2D eigenvalue weighted by Gasteiger charge is 2.20. The molecule has 1 aromatic rings. The first-order chi connectivity index (χ1) is 8.31. The number of aliphatic hydroxyl groups excluding tert-OH is 1. The Labute approximate surface area is 104 Å². The van der Waals surface area contributed by atoms with Crippen molar-refractivity contribution in [2.24, 2.45) is 0 Å². The fourth-order valence-electron chi connectivity index (χ4n) is 1.47. The van der Waals surface area contributed by atoms with Gasteiger partial charge < -0.3 is 14.4 Å². The maximum absolute atomic E-state index is 8.99. The predicted octanol–water partition coefficient (Wildman–Crippen LogP) is 1.73. The summed E-state index contributed by atoms with van der Waals surface area (Å²) in [6, 6.07) is 7.68. The van der Waals surface area contributed by atoms with Gasteiger partial charge in [0, 0.05) is 13.2 Å². The molecule has 0 radical (unpaired) electrons. The summed E-state index contributed by atoms with van der Waals surface area (Å²) in [5, 5.41) is 8.99. The summed E-state index contributed by atoms with van der Waals surface area (Å²) < 4.78 is 11.3. The van der Waals surface area contributed by atoms with Crippen LogP contribution in [0.25, 0.3) is 0 Å². The van der Waals surface area contributed by atoms with Gasteiger partial charge in [0.1, 0.15) is 0 Å². The van der Waals surface area contributed by atoms with E-state index in [-0.39, 0.29) is 13.7 Å². The average molecular weight is 236 g/mol. The van der Waals surface area contributed by atoms with Gasteiger partial charge in [-0.3, -0.25) is 0 Å². The van der Waals surface area contributed by atoms with E-state index in [9.17, 15) is 0 Å². The molecule has 1 rings (SSSR count). The zero-order valence-electron chi connectivity index (χ0n) is 10.7. The van der Waals surface area contributed by atoms with Crippen LogP contribution in [0.4, 0.5) is 0 Å². The van der Waals surface area contributed by atoms with Crippen LogP contribution < -0.4 is 5.46 Å². The summed E-state index contributed by atoms with van der Waals surface area (Å²) in [5.41, 5.74) is 1.91. The Balaban J connectivity index is 2.65. The SMILES string of the molecule is CCCOB(OCCC)c1ccc(CO)cc1. The number of benzene rings is 1. The second-order valence-electron chi connectivity index (χ2n) is 3.97. The van der Waals surface area contributed by atoms with E-state index in [4.69, 9.17) is 14.4 Å². The Hall–Kier alpha value is -0.835. The largest absolute Gasteiger partial charge is 0.493 e. The van der Waals surface area contributed by atoms with E-state index in [2.05, 4.69) is 13.8 Å². The van der Waals surface area contributed by atoms with Crippen molar-refractivity contribution in [2.75, 3.05) is 13.2 Å². The van der Waals surface area contributed by atoms with Crippen molar-refractivity contribution in [3.8, 4) is 0 Å². The first-order valence-corrected chi connectivity index (χ1v) is 6.24. The van der Waals surface area contributed by atoms with Crippen molar-refractivity contribution in [1.82, 2.24) is 0 Å². The van der Waals surface area contributed by atoms with Gasteiger partial charge in [-0.2, -0.15) is 0 Å². The van der Waals surface area contributed by atoms with E-state index in [0.717, 1.165) is 23.9 Å². The molecule has 0 spiro atoms. The Morgan fingerprint density at radius 2 is 1.53 bits per heavy atom. The van der Waals surface area contributed by atoms with Gasteiger partial charge in [-0.05, 0) is 23.9 Å². The lowest BCUT2D eigenvalue weighted by Gasteiger charge is -2.14. The standard InChI is InChI=1S/C13H21BO3/c1-3-9-16-14(17-10-4-2)13-7-5-12(11-15)6-8-13/h5-8,15H,3-4,9-11H2,1-2H3. The molecule has 1 N–H and O–H groups in total. The van der Waals surface area contributed by atoms with Gasteiger partial charge in [0.15, 0.2) is 0 Å². The molecular formula is C13H21BO3. The number of hydrogen-bond donors (Lipinski definition) is 1. The Kier molecular flexibility index (Phi) is 6.93. The molecule has 1 aromatic carbocycles. The van der Waals surface area contributed by atoms with Crippen LogP contribution in [-0.4, -0.2) is 25.4 Å². The first-order valence-electron chi connectivity index (χ1n) is 6.24. The van der Waals surface area contributed by atoms with Gasteiger partial charge in [-0.25, -0.2) is 0 Å². The predicted molar refractivity (Wildman–Crippen MR) is 70.2 cm³/mol. The number of rotatable bonds is 8. The minimum absolute atomic E-state index is 0.0661. The summed E-state index contributed by atoms with van der Waals surface area (Å²) in [7, 11) is -0.289. The average Bonchev–Trinajstić information content (AvgIpc) is 2.39. The second-order valence-corrected chi connectivity index (χ2v) is 3.97. The first kappa shape index (κ1) is 14.2. The van der Waals surface area contributed by atoms with Gasteiger partial charge in [-0.1, -0.05) is 38.1 Å². The van der Waals surface area contributed by atoms with Crippen LogP contribution in [0.2, 0.25) is 0 Å². The zero-order valence-corrected chi connectivity index (χ0v) is 10.7. The molecule has 0 saturated carbocycles. The molecule has 0 atom stereocenters. The van der Waals surface area contributed by atoms with Crippen molar-refractivity contribution in [3.05, 3.63) is 29.8 Å². The topological polar surface area (TPSA) is 38.7 Å². The normalized spacial score (nSPS) is 10.5. The smallest absolute Gasteiger partial charge is 0.407 e. The van der Waals surface area contributed by atoms with Crippen LogP contribution in [0.3, 0.4) is 0 Å². The summed E-state index contributed by atoms with van der Waals surface area (Å²) in [4.78, 5) is 0.